The summed E-state index contributed by atoms with van der Waals surface area (Å²) in [5, 5.41) is 47.5. The quantitative estimate of drug-likeness (QED) is 0.322. The molecule has 1 aromatic rings. The van der Waals surface area contributed by atoms with Gasteiger partial charge < -0.3 is 30.8 Å². The van der Waals surface area contributed by atoms with E-state index >= 15 is 0 Å². The Labute approximate surface area is 191 Å². The Balaban J connectivity index is 0.000000407. The van der Waals surface area contributed by atoms with Gasteiger partial charge in [-0.25, -0.2) is 9.59 Å². The molecule has 0 aliphatic carbocycles. The van der Waals surface area contributed by atoms with Gasteiger partial charge in [-0.15, -0.1) is 0 Å². The Morgan fingerprint density at radius 1 is 1.13 bits per heavy atom. The Kier molecular flexibility index (Phi) is 11.2. The van der Waals surface area contributed by atoms with Crippen molar-refractivity contribution in [2.24, 2.45) is 0 Å². The van der Waals surface area contributed by atoms with Crippen molar-refractivity contribution in [3.8, 4) is 0 Å². The van der Waals surface area contributed by atoms with Crippen LogP contribution in [0.4, 0.5) is 0 Å². The van der Waals surface area contributed by atoms with Gasteiger partial charge in [0.05, 0.1) is 5.60 Å². The van der Waals surface area contributed by atoms with Crippen molar-refractivity contribution in [3.05, 3.63) is 33.8 Å². The van der Waals surface area contributed by atoms with E-state index in [0.29, 0.717) is 22.6 Å². The van der Waals surface area contributed by atoms with Gasteiger partial charge in [-0.2, -0.15) is 0 Å². The molecule has 0 amide bonds. The summed E-state index contributed by atoms with van der Waals surface area (Å²) in [6.45, 7) is 7.14. The number of carboxylic acid groups (broad SMARTS) is 2. The Morgan fingerprint density at radius 3 is 2.06 bits per heavy atom. The van der Waals surface area contributed by atoms with Crippen molar-refractivity contribution in [1.29, 1.82) is 0 Å². The fourth-order valence-electron chi connectivity index (χ4n) is 3.12. The highest BCUT2D eigenvalue weighted by atomic mass is 35.5. The summed E-state index contributed by atoms with van der Waals surface area (Å²) < 4.78 is 0. The highest BCUT2D eigenvalue weighted by molar-refractivity contribution is 6.35. The molecule has 9 nitrogen and oxygen atoms in total. The maximum absolute atomic E-state index is 10.2. The van der Waals surface area contributed by atoms with Crippen LogP contribution < -0.4 is 5.32 Å². The van der Waals surface area contributed by atoms with Crippen molar-refractivity contribution in [3.63, 3.8) is 0 Å². The number of nitrogens with one attached hydrogen (secondary N) is 1. The van der Waals surface area contributed by atoms with Crippen LogP contribution in [-0.2, 0) is 16.1 Å². The van der Waals surface area contributed by atoms with E-state index in [0.717, 1.165) is 38.0 Å². The van der Waals surface area contributed by atoms with E-state index in [2.05, 4.69) is 10.2 Å². The minimum absolute atomic E-state index is 0.476. The topological polar surface area (TPSA) is 151 Å². The number of halogens is 2. The van der Waals surface area contributed by atoms with Gasteiger partial charge in [0.15, 0.2) is 12.2 Å². The molecule has 1 fully saturated rings. The molecule has 31 heavy (non-hydrogen) atoms. The Morgan fingerprint density at radius 2 is 1.65 bits per heavy atom. The number of carbonyl (C=O) groups is 2. The minimum atomic E-state index is -2.27. The number of aliphatic carboxylic acids is 2. The summed E-state index contributed by atoms with van der Waals surface area (Å²) in [4.78, 5) is 21.9. The van der Waals surface area contributed by atoms with Crippen LogP contribution >= 0.6 is 23.2 Å². The van der Waals surface area contributed by atoms with Gasteiger partial charge in [-0.05, 0) is 57.5 Å². The number of hydrogen-bond acceptors (Lipinski definition) is 7. The van der Waals surface area contributed by atoms with Crippen LogP contribution in [0.5, 0.6) is 0 Å². The Hall–Kier alpha value is -1.46. The molecule has 2 atom stereocenters. The van der Waals surface area contributed by atoms with Gasteiger partial charge in [-0.3, -0.25) is 4.90 Å². The second-order valence-electron chi connectivity index (χ2n) is 8.00. The molecule has 2 rings (SSSR count). The van der Waals surface area contributed by atoms with Crippen molar-refractivity contribution in [2.75, 3.05) is 19.6 Å². The lowest BCUT2D eigenvalue weighted by Gasteiger charge is -2.38. The van der Waals surface area contributed by atoms with Gasteiger partial charge in [0.2, 0.25) is 0 Å². The fourth-order valence-corrected chi connectivity index (χ4v) is 3.59. The first-order valence-electron chi connectivity index (χ1n) is 9.74. The number of carboxylic acids is 2. The van der Waals surface area contributed by atoms with E-state index < -0.39 is 29.7 Å². The van der Waals surface area contributed by atoms with Gasteiger partial charge >= 0.3 is 11.9 Å². The molecule has 1 heterocycles. The van der Waals surface area contributed by atoms with Gasteiger partial charge in [0.25, 0.3) is 0 Å². The number of benzene rings is 1. The van der Waals surface area contributed by atoms with Crippen molar-refractivity contribution in [1.82, 2.24) is 10.2 Å². The van der Waals surface area contributed by atoms with Crippen LogP contribution in [0.1, 0.15) is 32.3 Å². The number of rotatable bonds is 8. The number of aliphatic hydroxyl groups excluding tert-OH is 2. The number of hydrogen-bond donors (Lipinski definition) is 6. The summed E-state index contributed by atoms with van der Waals surface area (Å²) in [6.07, 6.45) is -2.34. The zero-order valence-corrected chi connectivity index (χ0v) is 19.0. The lowest BCUT2D eigenvalue weighted by atomic mass is 10.0. The summed E-state index contributed by atoms with van der Waals surface area (Å²) in [7, 11) is 0. The molecule has 1 saturated heterocycles. The van der Waals surface area contributed by atoms with E-state index in [4.69, 9.17) is 43.6 Å². The van der Waals surface area contributed by atoms with Gasteiger partial charge in [-0.1, -0.05) is 29.3 Å². The monoisotopic (exact) mass is 480 g/mol. The third kappa shape index (κ3) is 10.1. The normalized spacial score (nSPS) is 16.9. The average Bonchev–Trinajstić information content (AvgIpc) is 2.68. The smallest absolute Gasteiger partial charge is 0.335 e. The standard InChI is InChI=1S/C16H24Cl2N2O.C4H6O6/c1-16(2,21)11-20(14-5-7-19-8-6-14)10-12-3-4-13(17)9-15(12)18;5-1(3(7)8)2(6)4(9)10/h3-4,9,14,19,21H,5-8,10-11H2,1-2H3;1-2,5-6H,(H,7,8)(H,9,10)/t;1-,2-/m.1/s1. The lowest BCUT2D eigenvalue weighted by molar-refractivity contribution is -0.165. The number of nitrogens with zero attached hydrogens (tertiary/aromatic N) is 1. The summed E-state index contributed by atoms with van der Waals surface area (Å²) in [6, 6.07) is 6.10. The highest BCUT2D eigenvalue weighted by Gasteiger charge is 2.29. The summed E-state index contributed by atoms with van der Waals surface area (Å²) >= 11 is 12.3. The van der Waals surface area contributed by atoms with Crippen LogP contribution in [0.2, 0.25) is 10.0 Å². The third-order valence-corrected chi connectivity index (χ3v) is 5.20. The lowest BCUT2D eigenvalue weighted by Crippen LogP contribution is -2.48. The maximum Gasteiger partial charge on any atom is 0.335 e. The molecule has 1 aliphatic rings. The fraction of sp³-hybridized carbons (Fsp3) is 0.600. The first-order valence-corrected chi connectivity index (χ1v) is 10.5. The molecular weight excluding hydrogens is 451 g/mol. The molecule has 176 valence electrons. The third-order valence-electron chi connectivity index (χ3n) is 4.61. The molecule has 6 N–H and O–H groups in total. The van der Waals surface area contributed by atoms with Crippen molar-refractivity contribution < 1.29 is 35.1 Å². The zero-order chi connectivity index (χ0) is 23.8. The SMILES string of the molecule is CC(C)(O)CN(Cc1ccc(Cl)cc1Cl)C1CCNCC1.O=C(O)[C@H](O)[C@@H](O)C(=O)O. The molecule has 0 saturated carbocycles. The van der Waals surface area contributed by atoms with Crippen LogP contribution in [0.15, 0.2) is 18.2 Å². The van der Waals surface area contributed by atoms with E-state index in [1.807, 2.05) is 26.0 Å². The van der Waals surface area contributed by atoms with Gasteiger partial charge in [0.1, 0.15) is 0 Å². The van der Waals surface area contributed by atoms with E-state index in [9.17, 15) is 14.7 Å². The predicted octanol–water partition coefficient (Wildman–Crippen LogP) is 1.20. The highest BCUT2D eigenvalue weighted by Crippen LogP contribution is 2.25. The maximum atomic E-state index is 10.2. The van der Waals surface area contributed by atoms with E-state index in [-0.39, 0.29) is 0 Å². The van der Waals surface area contributed by atoms with E-state index in [1.54, 1.807) is 6.07 Å². The van der Waals surface area contributed by atoms with Crippen molar-refractivity contribution in [2.45, 2.75) is 57.1 Å². The van der Waals surface area contributed by atoms with Crippen molar-refractivity contribution >= 4 is 35.1 Å². The number of piperidine rings is 1. The molecule has 1 aliphatic heterocycles. The van der Waals surface area contributed by atoms with Gasteiger partial charge in [0, 0.05) is 29.2 Å². The molecule has 0 radical (unpaired) electrons. The molecule has 1 aromatic carbocycles. The largest absolute Gasteiger partial charge is 0.479 e. The number of aliphatic hydroxyl groups is 3. The average molecular weight is 481 g/mol. The van der Waals surface area contributed by atoms with Crippen LogP contribution in [0.3, 0.4) is 0 Å². The molecular formula is C20H30Cl2N2O7. The second-order valence-corrected chi connectivity index (χ2v) is 8.84. The predicted molar refractivity (Wildman–Crippen MR) is 116 cm³/mol. The van der Waals surface area contributed by atoms with E-state index in [1.165, 1.54) is 0 Å². The Bertz CT molecular complexity index is 719. The van der Waals surface area contributed by atoms with Crippen LogP contribution in [0.25, 0.3) is 0 Å². The first-order chi connectivity index (χ1) is 14.3. The molecule has 0 unspecified atom stereocenters. The first kappa shape index (κ1) is 27.6. The molecule has 0 aromatic heterocycles. The molecule has 0 bridgehead atoms. The van der Waals surface area contributed by atoms with Crippen LogP contribution in [-0.4, -0.2) is 85.9 Å². The molecule has 0 spiro atoms. The summed E-state index contributed by atoms with van der Waals surface area (Å²) in [5.74, 6) is -3.54. The second kappa shape index (κ2) is 12.5. The summed E-state index contributed by atoms with van der Waals surface area (Å²) in [5.41, 5.74) is 0.341. The minimum Gasteiger partial charge on any atom is -0.479 e. The molecule has 11 heteroatoms. The zero-order valence-electron chi connectivity index (χ0n) is 17.5. The van der Waals surface area contributed by atoms with Crippen LogP contribution in [0, 0.1) is 0 Å².